The van der Waals surface area contributed by atoms with Crippen LogP contribution in [-0.4, -0.2) is 11.1 Å². The summed E-state index contributed by atoms with van der Waals surface area (Å²) in [5, 5.41) is 8.76. The topological polar surface area (TPSA) is 70.3 Å². The lowest BCUT2D eigenvalue weighted by atomic mass is 10.2. The largest absolute Gasteiger partial charge is 0.442 e. The first kappa shape index (κ1) is 19.9. The fourth-order valence-corrected chi connectivity index (χ4v) is 3.95. The van der Waals surface area contributed by atoms with Gasteiger partial charge in [0.15, 0.2) is 0 Å². The number of rotatable bonds is 7. The fraction of sp³-hybridized carbons (Fsp3) is 0.188. The average Bonchev–Trinajstić information content (AvgIpc) is 2.57. The van der Waals surface area contributed by atoms with E-state index in [0.717, 1.165) is 16.9 Å². The maximum absolute atomic E-state index is 12.4. The Labute approximate surface area is 156 Å². The predicted octanol–water partition coefficient (Wildman–Crippen LogP) is 5.54. The lowest BCUT2D eigenvalue weighted by Crippen LogP contribution is -2.01. The SMILES string of the molecule is N#Cc1ccc(CSCc2ccc(OP(=O)(O)C(F)F)c(Br)c2)cc1. The molecule has 0 amide bonds. The second-order valence-corrected chi connectivity index (χ2v) is 8.54. The van der Waals surface area contributed by atoms with Crippen molar-refractivity contribution in [2.45, 2.75) is 17.7 Å². The zero-order valence-corrected chi connectivity index (χ0v) is 16.0. The highest BCUT2D eigenvalue weighted by Gasteiger charge is 2.34. The zero-order valence-electron chi connectivity index (χ0n) is 12.7. The molecule has 0 aliphatic carbocycles. The summed E-state index contributed by atoms with van der Waals surface area (Å²) < 4.78 is 40.9. The quantitative estimate of drug-likeness (QED) is 0.564. The van der Waals surface area contributed by atoms with Crippen LogP contribution in [0.15, 0.2) is 46.9 Å². The van der Waals surface area contributed by atoms with Crippen LogP contribution < -0.4 is 4.52 Å². The van der Waals surface area contributed by atoms with Gasteiger partial charge in [-0.3, -0.25) is 0 Å². The molecular weight excluding hydrogens is 435 g/mol. The van der Waals surface area contributed by atoms with E-state index >= 15 is 0 Å². The molecule has 0 aliphatic heterocycles. The highest BCUT2D eigenvalue weighted by Crippen LogP contribution is 2.50. The van der Waals surface area contributed by atoms with Crippen LogP contribution in [0, 0.1) is 11.3 Å². The normalized spacial score (nSPS) is 13.3. The summed E-state index contributed by atoms with van der Waals surface area (Å²) in [7, 11) is -4.99. The highest BCUT2D eigenvalue weighted by molar-refractivity contribution is 9.10. The van der Waals surface area contributed by atoms with E-state index in [4.69, 9.17) is 10.2 Å². The fourth-order valence-electron chi connectivity index (χ4n) is 1.85. The summed E-state index contributed by atoms with van der Waals surface area (Å²) in [4.78, 5) is 9.08. The number of nitrogens with zero attached hydrogens (tertiary/aromatic N) is 1. The minimum Gasteiger partial charge on any atom is -0.420 e. The molecule has 1 unspecified atom stereocenters. The lowest BCUT2D eigenvalue weighted by molar-refractivity contribution is 0.188. The van der Waals surface area contributed by atoms with Crippen molar-refractivity contribution in [2.24, 2.45) is 0 Å². The first-order valence-corrected chi connectivity index (χ1v) is 10.6. The van der Waals surface area contributed by atoms with Crippen LogP contribution in [0.1, 0.15) is 16.7 Å². The van der Waals surface area contributed by atoms with Gasteiger partial charge >= 0.3 is 13.8 Å². The maximum Gasteiger partial charge on any atom is 0.442 e. The van der Waals surface area contributed by atoms with Crippen LogP contribution >= 0.6 is 35.3 Å². The summed E-state index contributed by atoms with van der Waals surface area (Å²) in [5.41, 5.74) is 2.60. The molecule has 132 valence electrons. The van der Waals surface area contributed by atoms with Crippen LogP contribution in [0.3, 0.4) is 0 Å². The van der Waals surface area contributed by atoms with Gasteiger partial charge in [0.05, 0.1) is 16.1 Å². The summed E-state index contributed by atoms with van der Waals surface area (Å²) in [6.45, 7) is 0. The third-order valence-corrected chi connectivity index (χ3v) is 5.74. The molecule has 4 nitrogen and oxygen atoms in total. The van der Waals surface area contributed by atoms with Gasteiger partial charge in [-0.1, -0.05) is 18.2 Å². The van der Waals surface area contributed by atoms with E-state index in [9.17, 15) is 13.3 Å². The second kappa shape index (κ2) is 8.81. The van der Waals surface area contributed by atoms with Gasteiger partial charge in [-0.15, -0.1) is 0 Å². The van der Waals surface area contributed by atoms with Crippen LogP contribution in [0.2, 0.25) is 0 Å². The highest BCUT2D eigenvalue weighted by atomic mass is 79.9. The molecule has 0 bridgehead atoms. The number of thioether (sulfide) groups is 1. The summed E-state index contributed by atoms with van der Waals surface area (Å²) in [6.07, 6.45) is -3.46. The molecule has 25 heavy (non-hydrogen) atoms. The minimum absolute atomic E-state index is 0.105. The van der Waals surface area contributed by atoms with Crippen molar-refractivity contribution in [3.63, 3.8) is 0 Å². The number of hydrogen-bond acceptors (Lipinski definition) is 4. The molecule has 2 aromatic carbocycles. The Morgan fingerprint density at radius 3 is 2.36 bits per heavy atom. The van der Waals surface area contributed by atoms with Gasteiger partial charge in [-0.25, -0.2) is 4.57 Å². The molecule has 0 radical (unpaired) electrons. The van der Waals surface area contributed by atoms with Crippen molar-refractivity contribution < 1.29 is 22.8 Å². The standard InChI is InChI=1S/C16H13BrF2NO3PS/c17-14-7-13(5-6-15(14)23-24(21,22)16(18)19)10-25-9-12-3-1-11(8-20)2-4-12/h1-7,16H,9-10H2,(H,21,22). The molecular formula is C16H13BrF2NO3PS. The monoisotopic (exact) mass is 447 g/mol. The molecule has 0 aromatic heterocycles. The van der Waals surface area contributed by atoms with Crippen LogP contribution in [0.5, 0.6) is 5.75 Å². The number of halogens is 3. The van der Waals surface area contributed by atoms with Crippen molar-refractivity contribution in [3.8, 4) is 11.8 Å². The number of benzene rings is 2. The molecule has 1 N–H and O–H groups in total. The zero-order chi connectivity index (χ0) is 18.4. The maximum atomic E-state index is 12.4. The molecule has 0 aliphatic rings. The Hall–Kier alpha value is -1.39. The third-order valence-electron chi connectivity index (χ3n) is 3.09. The van der Waals surface area contributed by atoms with E-state index in [-0.39, 0.29) is 5.75 Å². The Morgan fingerprint density at radius 2 is 1.80 bits per heavy atom. The molecule has 0 saturated carbocycles. The Balaban J connectivity index is 1.94. The van der Waals surface area contributed by atoms with Gasteiger partial charge in [0.1, 0.15) is 5.75 Å². The number of alkyl halides is 2. The van der Waals surface area contributed by atoms with E-state index in [1.807, 2.05) is 12.1 Å². The van der Waals surface area contributed by atoms with Gasteiger partial charge in [0, 0.05) is 11.5 Å². The van der Waals surface area contributed by atoms with E-state index in [0.29, 0.717) is 15.8 Å². The Bertz CT molecular complexity index is 827. The lowest BCUT2D eigenvalue weighted by Gasteiger charge is -2.14. The van der Waals surface area contributed by atoms with Crippen molar-refractivity contribution in [3.05, 3.63) is 63.6 Å². The van der Waals surface area contributed by atoms with Gasteiger partial charge in [0.2, 0.25) is 0 Å². The summed E-state index contributed by atoms with van der Waals surface area (Å²) in [6, 6.07) is 14.1. The summed E-state index contributed by atoms with van der Waals surface area (Å²) in [5.74, 6) is 1.30. The second-order valence-electron chi connectivity index (χ2n) is 5.00. The molecule has 0 spiro atoms. The van der Waals surface area contributed by atoms with E-state index in [1.54, 1.807) is 36.0 Å². The molecule has 9 heteroatoms. The van der Waals surface area contributed by atoms with Crippen molar-refractivity contribution in [1.82, 2.24) is 0 Å². The van der Waals surface area contributed by atoms with Crippen LogP contribution in [0.4, 0.5) is 8.78 Å². The van der Waals surface area contributed by atoms with Crippen molar-refractivity contribution >= 4 is 35.3 Å². The minimum atomic E-state index is -4.99. The molecule has 1 atom stereocenters. The Kier molecular flexibility index (Phi) is 7.03. The molecule has 2 rings (SSSR count). The van der Waals surface area contributed by atoms with E-state index in [2.05, 4.69) is 26.5 Å². The molecule has 2 aromatic rings. The van der Waals surface area contributed by atoms with Crippen molar-refractivity contribution in [2.75, 3.05) is 0 Å². The third kappa shape index (κ3) is 5.82. The first-order chi connectivity index (χ1) is 11.8. The van der Waals surface area contributed by atoms with Gasteiger partial charge in [0.25, 0.3) is 0 Å². The smallest absolute Gasteiger partial charge is 0.420 e. The van der Waals surface area contributed by atoms with E-state index < -0.39 is 13.8 Å². The average molecular weight is 448 g/mol. The Morgan fingerprint density at radius 1 is 1.20 bits per heavy atom. The van der Waals surface area contributed by atoms with Crippen LogP contribution in [0.25, 0.3) is 0 Å². The number of nitriles is 1. The summed E-state index contributed by atoms with van der Waals surface area (Å²) >= 11 is 4.80. The van der Waals surface area contributed by atoms with Gasteiger partial charge < -0.3 is 9.42 Å². The molecule has 0 heterocycles. The van der Waals surface area contributed by atoms with E-state index in [1.165, 1.54) is 6.07 Å². The molecule has 0 fully saturated rings. The first-order valence-electron chi connectivity index (χ1n) is 6.97. The van der Waals surface area contributed by atoms with Gasteiger partial charge in [-0.2, -0.15) is 25.8 Å². The number of hydrogen-bond donors (Lipinski definition) is 1. The predicted molar refractivity (Wildman–Crippen MR) is 96.8 cm³/mol. The van der Waals surface area contributed by atoms with Crippen molar-refractivity contribution in [1.29, 1.82) is 5.26 Å². The van der Waals surface area contributed by atoms with Crippen LogP contribution in [-0.2, 0) is 16.1 Å². The molecule has 0 saturated heterocycles. The van der Waals surface area contributed by atoms with Gasteiger partial charge in [-0.05, 0) is 51.3 Å².